The molecule has 11 heteroatoms. The van der Waals surface area contributed by atoms with Gasteiger partial charge in [-0.05, 0) is 49.5 Å². The van der Waals surface area contributed by atoms with Crippen molar-refractivity contribution in [2.75, 3.05) is 56.2 Å². The molecule has 1 unspecified atom stereocenters. The highest BCUT2D eigenvalue weighted by atomic mass is 19.4. The van der Waals surface area contributed by atoms with E-state index in [9.17, 15) is 22.0 Å². The summed E-state index contributed by atoms with van der Waals surface area (Å²) < 4.78 is 73.7. The second-order valence-electron chi connectivity index (χ2n) is 10.1. The first-order chi connectivity index (χ1) is 15.7. The van der Waals surface area contributed by atoms with Gasteiger partial charge in [-0.15, -0.1) is 10.2 Å². The van der Waals surface area contributed by atoms with E-state index in [1.807, 2.05) is 0 Å². The minimum Gasteiger partial charge on any atom is -0.381 e. The van der Waals surface area contributed by atoms with Crippen LogP contribution >= 0.6 is 0 Å². The van der Waals surface area contributed by atoms with Crippen molar-refractivity contribution in [3.05, 3.63) is 11.6 Å². The molecule has 0 bridgehead atoms. The Balaban J connectivity index is 1.21. The molecule has 4 heterocycles. The summed E-state index contributed by atoms with van der Waals surface area (Å²) in [6, 6.07) is 0.755. The molecule has 33 heavy (non-hydrogen) atoms. The van der Waals surface area contributed by atoms with E-state index in [0.717, 1.165) is 64.6 Å². The lowest BCUT2D eigenvalue weighted by Crippen LogP contribution is -2.32. The minimum absolute atomic E-state index is 0.0396. The normalized spacial score (nSPS) is 30.7. The molecule has 0 aromatic carbocycles. The van der Waals surface area contributed by atoms with Crippen LogP contribution in [0.5, 0.6) is 0 Å². The van der Waals surface area contributed by atoms with Crippen LogP contribution in [-0.4, -0.2) is 73.0 Å². The third-order valence-corrected chi connectivity index (χ3v) is 7.60. The highest BCUT2D eigenvalue weighted by Crippen LogP contribution is 2.42. The third kappa shape index (κ3) is 5.18. The number of nitrogens with one attached hydrogen (secondary N) is 1. The zero-order chi connectivity index (χ0) is 23.2. The zero-order valence-corrected chi connectivity index (χ0v) is 18.5. The molecule has 4 aliphatic rings. The largest absolute Gasteiger partial charge is 0.420 e. The van der Waals surface area contributed by atoms with E-state index in [4.69, 9.17) is 4.74 Å². The van der Waals surface area contributed by atoms with Gasteiger partial charge in [-0.1, -0.05) is 0 Å². The number of hydrogen-bond donors (Lipinski definition) is 1. The Bertz CT molecular complexity index is 833. The highest BCUT2D eigenvalue weighted by Gasteiger charge is 2.44. The fourth-order valence-corrected chi connectivity index (χ4v) is 5.94. The van der Waals surface area contributed by atoms with Gasteiger partial charge in [0.2, 0.25) is 0 Å². The molecule has 3 atom stereocenters. The number of alkyl halides is 5. The summed E-state index contributed by atoms with van der Waals surface area (Å²) in [6.45, 7) is 4.04. The molecular weight excluding hydrogens is 445 g/mol. The topological polar surface area (TPSA) is 53.5 Å². The van der Waals surface area contributed by atoms with Gasteiger partial charge in [0.05, 0.1) is 6.54 Å². The van der Waals surface area contributed by atoms with E-state index in [2.05, 4.69) is 20.4 Å². The Morgan fingerprint density at radius 2 is 1.79 bits per heavy atom. The first kappa shape index (κ1) is 23.0. The summed E-state index contributed by atoms with van der Waals surface area (Å²) in [4.78, 5) is 3.67. The van der Waals surface area contributed by atoms with Crippen LogP contribution in [0.3, 0.4) is 0 Å². The van der Waals surface area contributed by atoms with E-state index < -0.39 is 30.6 Å². The molecule has 1 aromatic rings. The molecule has 3 saturated heterocycles. The Hall–Kier alpha value is -1.75. The summed E-state index contributed by atoms with van der Waals surface area (Å²) >= 11 is 0. The molecule has 1 aromatic heterocycles. The van der Waals surface area contributed by atoms with Gasteiger partial charge >= 0.3 is 6.18 Å². The van der Waals surface area contributed by atoms with Gasteiger partial charge in [-0.3, -0.25) is 0 Å². The highest BCUT2D eigenvalue weighted by molar-refractivity contribution is 5.53. The number of fused-ring (bicyclic) bond motifs is 1. The predicted molar refractivity (Wildman–Crippen MR) is 112 cm³/mol. The van der Waals surface area contributed by atoms with E-state index in [1.165, 1.54) is 4.90 Å². The van der Waals surface area contributed by atoms with Crippen LogP contribution in [0, 0.1) is 17.8 Å². The van der Waals surface area contributed by atoms with Gasteiger partial charge in [-0.25, -0.2) is 8.78 Å². The van der Waals surface area contributed by atoms with Crippen molar-refractivity contribution >= 4 is 11.6 Å². The molecule has 1 N–H and O–H groups in total. The van der Waals surface area contributed by atoms with Gasteiger partial charge in [-0.2, -0.15) is 13.2 Å². The van der Waals surface area contributed by atoms with Crippen LogP contribution in [0.4, 0.5) is 33.6 Å². The number of halogens is 5. The SMILES string of the molecule is FC1(F)CCN(c2cc(C(F)(F)F)c(NC3C[C@@H]4CN(CC5CCOCC5)C[C@@H]4C3)nn2)C1. The van der Waals surface area contributed by atoms with Gasteiger partial charge in [0.25, 0.3) is 5.92 Å². The van der Waals surface area contributed by atoms with E-state index in [-0.39, 0.29) is 24.2 Å². The minimum atomic E-state index is -4.65. The number of hydrogen-bond acceptors (Lipinski definition) is 6. The Labute approximate surface area is 189 Å². The second-order valence-corrected chi connectivity index (χ2v) is 10.1. The van der Waals surface area contributed by atoms with E-state index >= 15 is 0 Å². The molecule has 0 amide bonds. The fraction of sp³-hybridized carbons (Fsp3) is 0.818. The summed E-state index contributed by atoms with van der Waals surface area (Å²) in [5, 5.41) is 10.6. The zero-order valence-electron chi connectivity index (χ0n) is 18.5. The fourth-order valence-electron chi connectivity index (χ4n) is 5.94. The van der Waals surface area contributed by atoms with Crippen molar-refractivity contribution < 1.29 is 26.7 Å². The average molecular weight is 476 g/mol. The average Bonchev–Trinajstić information content (AvgIpc) is 3.41. The van der Waals surface area contributed by atoms with Crippen molar-refractivity contribution in [1.29, 1.82) is 0 Å². The maximum atomic E-state index is 13.8. The number of aromatic nitrogens is 2. The van der Waals surface area contributed by atoms with E-state index in [0.29, 0.717) is 17.8 Å². The smallest absolute Gasteiger partial charge is 0.381 e. The van der Waals surface area contributed by atoms with Gasteiger partial charge in [0, 0.05) is 51.9 Å². The van der Waals surface area contributed by atoms with E-state index in [1.54, 1.807) is 0 Å². The van der Waals surface area contributed by atoms with Crippen molar-refractivity contribution in [3.8, 4) is 0 Å². The first-order valence-electron chi connectivity index (χ1n) is 11.8. The maximum Gasteiger partial charge on any atom is 0.420 e. The number of anilines is 2. The summed E-state index contributed by atoms with van der Waals surface area (Å²) in [5.74, 6) is -1.77. The molecule has 5 rings (SSSR count). The van der Waals surface area contributed by atoms with Crippen molar-refractivity contribution in [3.63, 3.8) is 0 Å². The lowest BCUT2D eigenvalue weighted by molar-refractivity contribution is -0.137. The van der Waals surface area contributed by atoms with Crippen LogP contribution in [0.15, 0.2) is 6.07 Å². The molecule has 3 aliphatic heterocycles. The summed E-state index contributed by atoms with van der Waals surface area (Å²) in [7, 11) is 0. The van der Waals surface area contributed by atoms with Crippen molar-refractivity contribution in [1.82, 2.24) is 15.1 Å². The molecule has 0 spiro atoms. The molecular formula is C22H30F5N5O. The third-order valence-electron chi connectivity index (χ3n) is 7.60. The number of nitrogens with zero attached hydrogens (tertiary/aromatic N) is 4. The summed E-state index contributed by atoms with van der Waals surface area (Å²) in [5.41, 5.74) is -0.944. The van der Waals surface area contributed by atoms with Crippen LogP contribution in [0.1, 0.15) is 37.7 Å². The number of ether oxygens (including phenoxy) is 1. The molecule has 0 radical (unpaired) electrons. The van der Waals surface area contributed by atoms with Crippen LogP contribution in [-0.2, 0) is 10.9 Å². The van der Waals surface area contributed by atoms with Crippen molar-refractivity contribution in [2.24, 2.45) is 17.8 Å². The Kier molecular flexibility index (Phi) is 6.13. The summed E-state index contributed by atoms with van der Waals surface area (Å²) in [6.07, 6.45) is -1.25. The Morgan fingerprint density at radius 1 is 1.09 bits per heavy atom. The Morgan fingerprint density at radius 3 is 2.39 bits per heavy atom. The van der Waals surface area contributed by atoms with Gasteiger partial charge < -0.3 is 19.9 Å². The van der Waals surface area contributed by atoms with Crippen LogP contribution in [0.25, 0.3) is 0 Å². The number of likely N-dealkylation sites (tertiary alicyclic amines) is 1. The molecule has 6 nitrogen and oxygen atoms in total. The second kappa shape index (κ2) is 8.79. The van der Waals surface area contributed by atoms with Crippen LogP contribution in [0.2, 0.25) is 0 Å². The van der Waals surface area contributed by atoms with Gasteiger partial charge in [0.1, 0.15) is 5.56 Å². The maximum absolute atomic E-state index is 13.8. The van der Waals surface area contributed by atoms with Gasteiger partial charge in [0.15, 0.2) is 11.6 Å². The van der Waals surface area contributed by atoms with Crippen LogP contribution < -0.4 is 10.2 Å². The van der Waals surface area contributed by atoms with Crippen molar-refractivity contribution in [2.45, 2.75) is 50.2 Å². The monoisotopic (exact) mass is 475 g/mol. The molecule has 184 valence electrons. The standard InChI is InChI=1S/C22H30F5N5O/c23-21(24)3-4-32(13-21)19-9-18(22(25,26)27)20(30-29-19)28-17-7-15-11-31(12-16(15)8-17)10-14-1-5-33-6-2-14/h9,14-17H,1-8,10-13H2,(H,28,30)/t15-,16+,17?. The molecule has 1 saturated carbocycles. The predicted octanol–water partition coefficient (Wildman–Crippen LogP) is 3.89. The quantitative estimate of drug-likeness (QED) is 0.653. The molecule has 4 fully saturated rings. The number of rotatable bonds is 5. The molecule has 1 aliphatic carbocycles. The lowest BCUT2D eigenvalue weighted by atomic mass is 10.00. The lowest BCUT2D eigenvalue weighted by Gasteiger charge is -2.28. The first-order valence-corrected chi connectivity index (χ1v) is 11.8.